The number of methoxy groups -OCH3 is 1. The van der Waals surface area contributed by atoms with Gasteiger partial charge in [0.15, 0.2) is 0 Å². The normalized spacial score (nSPS) is 12.7. The molecule has 0 spiro atoms. The van der Waals surface area contributed by atoms with Gasteiger partial charge in [0.25, 0.3) is 0 Å². The second-order valence-corrected chi connectivity index (χ2v) is 6.75. The lowest BCUT2D eigenvalue weighted by Crippen LogP contribution is -2.46. The monoisotopic (exact) mass is 347 g/mol. The molecular weight excluding hydrogens is 322 g/mol. The Balaban J connectivity index is 2.09. The number of urea groups is 1. The number of carbonyl (C=O) groups excluding carboxylic acids is 2. The number of hydrogen-bond donors (Lipinski definition) is 3. The Morgan fingerprint density at radius 1 is 1.36 bits per heavy atom. The summed E-state index contributed by atoms with van der Waals surface area (Å²) in [7, 11) is 1.61. The van der Waals surface area contributed by atoms with Crippen LogP contribution in [0.2, 0.25) is 0 Å². The van der Waals surface area contributed by atoms with Gasteiger partial charge in [0, 0.05) is 17.5 Å². The summed E-state index contributed by atoms with van der Waals surface area (Å²) in [5, 5.41) is 6.42. The predicted octanol–water partition coefficient (Wildman–Crippen LogP) is 2.62. The molecule has 1 atom stereocenters. The molecule has 0 saturated heterocycles. The molecule has 25 heavy (non-hydrogen) atoms. The molecule has 2 aromatic rings. The summed E-state index contributed by atoms with van der Waals surface area (Å²) in [5.41, 5.74) is 6.16. The van der Waals surface area contributed by atoms with E-state index in [1.165, 1.54) is 0 Å². The fourth-order valence-corrected chi connectivity index (χ4v) is 2.46. The maximum absolute atomic E-state index is 12.1. The molecule has 1 heterocycles. The van der Waals surface area contributed by atoms with Crippen LogP contribution in [0.4, 0.5) is 4.79 Å². The Morgan fingerprint density at radius 3 is 2.64 bits per heavy atom. The number of aryl methyl sites for hydroxylation is 1. The van der Waals surface area contributed by atoms with Crippen molar-refractivity contribution in [1.29, 1.82) is 0 Å². The minimum absolute atomic E-state index is 0.150. The fraction of sp³-hybridized carbons (Fsp3) is 0.444. The minimum atomic E-state index is -0.813. The maximum atomic E-state index is 12.1. The third kappa shape index (κ3) is 4.04. The Hall–Kier alpha value is -2.70. The van der Waals surface area contributed by atoms with Gasteiger partial charge in [-0.3, -0.25) is 4.79 Å². The highest BCUT2D eigenvalue weighted by atomic mass is 16.5. The summed E-state index contributed by atoms with van der Waals surface area (Å²) in [6.45, 7) is 7.27. The Bertz CT molecular complexity index is 795. The number of benzene rings is 1. The highest BCUT2D eigenvalue weighted by Crippen LogP contribution is 2.31. The molecule has 0 aliphatic heterocycles. The van der Waals surface area contributed by atoms with E-state index in [1.54, 1.807) is 21.0 Å². The van der Waals surface area contributed by atoms with Crippen molar-refractivity contribution in [3.8, 4) is 5.75 Å². The zero-order chi connectivity index (χ0) is 18.8. The van der Waals surface area contributed by atoms with E-state index in [1.807, 2.05) is 32.0 Å². The van der Waals surface area contributed by atoms with E-state index in [0.717, 1.165) is 22.3 Å². The van der Waals surface area contributed by atoms with E-state index in [9.17, 15) is 9.59 Å². The third-order valence-electron chi connectivity index (χ3n) is 4.28. The quantitative estimate of drug-likeness (QED) is 0.746. The molecule has 4 N–H and O–H groups in total. The van der Waals surface area contributed by atoms with Gasteiger partial charge in [0.2, 0.25) is 5.91 Å². The number of nitrogens with one attached hydrogen (secondary N) is 2. The first-order valence-corrected chi connectivity index (χ1v) is 8.07. The largest absolute Gasteiger partial charge is 0.497 e. The first-order chi connectivity index (χ1) is 11.7. The molecule has 0 aliphatic rings. The maximum Gasteiger partial charge on any atom is 0.315 e. The summed E-state index contributed by atoms with van der Waals surface area (Å²) in [6.07, 6.45) is 0. The van der Waals surface area contributed by atoms with Gasteiger partial charge in [-0.2, -0.15) is 0 Å². The number of furan rings is 1. The number of ether oxygens (including phenoxy) is 1. The zero-order valence-electron chi connectivity index (χ0n) is 15.2. The second kappa shape index (κ2) is 7.04. The van der Waals surface area contributed by atoms with Crippen LogP contribution in [0.3, 0.4) is 0 Å². The van der Waals surface area contributed by atoms with Crippen molar-refractivity contribution in [3.05, 3.63) is 29.5 Å². The highest BCUT2D eigenvalue weighted by molar-refractivity contribution is 5.84. The molecule has 0 saturated carbocycles. The van der Waals surface area contributed by atoms with Crippen molar-refractivity contribution in [2.45, 2.75) is 33.7 Å². The number of rotatable bonds is 6. The van der Waals surface area contributed by atoms with Crippen molar-refractivity contribution >= 4 is 22.9 Å². The molecule has 0 fully saturated rings. The molecule has 136 valence electrons. The standard InChI is InChI=1S/C18H25N3O4/c1-10-13-8-12(24-5)6-7-14(13)25-15(10)11(2)21-17(23)20-9-18(3,4)16(19)22/h6-8,11H,9H2,1-5H3,(H2,19,22)(H2,20,21,23)/t11-/m1/s1. The second-order valence-electron chi connectivity index (χ2n) is 6.75. The molecule has 3 amide bonds. The van der Waals surface area contributed by atoms with Crippen LogP contribution in [-0.4, -0.2) is 25.6 Å². The van der Waals surface area contributed by atoms with Gasteiger partial charge in [-0.25, -0.2) is 4.79 Å². The van der Waals surface area contributed by atoms with Crippen LogP contribution in [-0.2, 0) is 4.79 Å². The van der Waals surface area contributed by atoms with E-state index < -0.39 is 11.3 Å². The Kier molecular flexibility index (Phi) is 5.25. The van der Waals surface area contributed by atoms with Crippen molar-refractivity contribution in [1.82, 2.24) is 10.6 Å². The molecule has 0 unspecified atom stereocenters. The van der Waals surface area contributed by atoms with Crippen LogP contribution in [0.1, 0.15) is 38.1 Å². The van der Waals surface area contributed by atoms with Crippen molar-refractivity contribution in [2.75, 3.05) is 13.7 Å². The van der Waals surface area contributed by atoms with Gasteiger partial charge < -0.3 is 25.5 Å². The van der Waals surface area contributed by atoms with E-state index in [0.29, 0.717) is 5.76 Å². The fourth-order valence-electron chi connectivity index (χ4n) is 2.46. The van der Waals surface area contributed by atoms with Crippen molar-refractivity contribution < 1.29 is 18.7 Å². The summed E-state index contributed by atoms with van der Waals surface area (Å²) in [6, 6.07) is 4.84. The SMILES string of the molecule is COc1ccc2oc([C@@H](C)NC(=O)NCC(C)(C)C(N)=O)c(C)c2c1. The minimum Gasteiger partial charge on any atom is -0.497 e. The van der Waals surface area contributed by atoms with Crippen LogP contribution in [0, 0.1) is 12.3 Å². The molecule has 0 radical (unpaired) electrons. The lowest BCUT2D eigenvalue weighted by atomic mass is 9.93. The number of hydrogen-bond acceptors (Lipinski definition) is 4. The van der Waals surface area contributed by atoms with Crippen molar-refractivity contribution in [3.63, 3.8) is 0 Å². The van der Waals surface area contributed by atoms with Crippen LogP contribution < -0.4 is 21.1 Å². The number of carbonyl (C=O) groups is 2. The molecule has 7 nitrogen and oxygen atoms in total. The molecule has 0 aliphatic carbocycles. The van der Waals surface area contributed by atoms with Crippen LogP contribution in [0.15, 0.2) is 22.6 Å². The molecule has 0 bridgehead atoms. The summed E-state index contributed by atoms with van der Waals surface area (Å²) < 4.78 is 11.1. The van der Waals surface area contributed by atoms with E-state index in [2.05, 4.69) is 10.6 Å². The molecule has 1 aromatic carbocycles. The number of primary amides is 1. The smallest absolute Gasteiger partial charge is 0.315 e. The first-order valence-electron chi connectivity index (χ1n) is 8.07. The molecule has 2 rings (SSSR count). The Morgan fingerprint density at radius 2 is 2.04 bits per heavy atom. The lowest BCUT2D eigenvalue weighted by Gasteiger charge is -2.21. The summed E-state index contributed by atoms with van der Waals surface area (Å²) in [4.78, 5) is 23.4. The number of amides is 3. The molecule has 7 heteroatoms. The lowest BCUT2D eigenvalue weighted by molar-refractivity contribution is -0.125. The first kappa shape index (κ1) is 18.6. The molecular formula is C18H25N3O4. The number of nitrogens with two attached hydrogens (primary N) is 1. The van der Waals surface area contributed by atoms with Crippen LogP contribution >= 0.6 is 0 Å². The van der Waals surface area contributed by atoms with Gasteiger partial charge in [-0.05, 0) is 45.9 Å². The molecule has 1 aromatic heterocycles. The predicted molar refractivity (Wildman–Crippen MR) is 95.4 cm³/mol. The number of fused-ring (bicyclic) bond motifs is 1. The average molecular weight is 347 g/mol. The third-order valence-corrected chi connectivity index (χ3v) is 4.28. The zero-order valence-corrected chi connectivity index (χ0v) is 15.2. The topological polar surface area (TPSA) is 107 Å². The summed E-state index contributed by atoms with van der Waals surface area (Å²) in [5.74, 6) is 0.950. The van der Waals surface area contributed by atoms with Crippen LogP contribution in [0.25, 0.3) is 11.0 Å². The average Bonchev–Trinajstić information content (AvgIpc) is 2.89. The highest BCUT2D eigenvalue weighted by Gasteiger charge is 2.26. The van der Waals surface area contributed by atoms with Gasteiger partial charge in [0.05, 0.1) is 18.6 Å². The van der Waals surface area contributed by atoms with E-state index in [4.69, 9.17) is 14.9 Å². The van der Waals surface area contributed by atoms with Crippen LogP contribution in [0.5, 0.6) is 5.75 Å². The summed E-state index contributed by atoms with van der Waals surface area (Å²) >= 11 is 0. The van der Waals surface area contributed by atoms with Gasteiger partial charge in [-0.15, -0.1) is 0 Å². The van der Waals surface area contributed by atoms with Crippen molar-refractivity contribution in [2.24, 2.45) is 11.1 Å². The van der Waals surface area contributed by atoms with E-state index >= 15 is 0 Å². The Labute approximate surface area is 146 Å². The van der Waals surface area contributed by atoms with Gasteiger partial charge in [0.1, 0.15) is 17.1 Å². The van der Waals surface area contributed by atoms with E-state index in [-0.39, 0.29) is 18.6 Å². The van der Waals surface area contributed by atoms with Gasteiger partial charge >= 0.3 is 6.03 Å². The van der Waals surface area contributed by atoms with Gasteiger partial charge in [-0.1, -0.05) is 0 Å².